The van der Waals surface area contributed by atoms with E-state index in [-0.39, 0.29) is 12.4 Å². The second kappa shape index (κ2) is 6.43. The molecule has 0 bridgehead atoms. The maximum atomic E-state index is 9.33. The Morgan fingerprint density at radius 2 is 2.07 bits per heavy atom. The molecule has 0 aliphatic carbocycles. The number of hydrogen-bond acceptors (Lipinski definition) is 3. The minimum atomic E-state index is 0.0189. The first-order chi connectivity index (χ1) is 7.27. The first kappa shape index (κ1) is 12.0. The molecule has 1 aromatic rings. The summed E-state index contributed by atoms with van der Waals surface area (Å²) in [5.74, 6) is 0.250. The van der Waals surface area contributed by atoms with Gasteiger partial charge in [-0.05, 0) is 36.2 Å². The van der Waals surface area contributed by atoms with Gasteiger partial charge in [0.2, 0.25) is 0 Å². The average Bonchev–Trinajstić information content (AvgIpc) is 2.25. The molecule has 0 unspecified atom stereocenters. The fourth-order valence-electron chi connectivity index (χ4n) is 1.46. The standard InChI is InChI=1S/C12H19NO2/c1-2-3-6-13-8-11-7-12(15)5-4-10(11)9-14/h4-5,7,13-15H,2-3,6,8-9H2,1H3. The number of phenols is 1. The van der Waals surface area contributed by atoms with Crippen molar-refractivity contribution in [3.05, 3.63) is 29.3 Å². The third-order valence-corrected chi connectivity index (χ3v) is 2.38. The van der Waals surface area contributed by atoms with E-state index in [0.29, 0.717) is 6.54 Å². The van der Waals surface area contributed by atoms with Gasteiger partial charge in [-0.25, -0.2) is 0 Å². The minimum Gasteiger partial charge on any atom is -0.508 e. The smallest absolute Gasteiger partial charge is 0.115 e. The summed E-state index contributed by atoms with van der Waals surface area (Å²) < 4.78 is 0. The van der Waals surface area contributed by atoms with Crippen LogP contribution in [0.2, 0.25) is 0 Å². The summed E-state index contributed by atoms with van der Waals surface area (Å²) in [6.07, 6.45) is 2.31. The molecule has 0 saturated heterocycles. The highest BCUT2D eigenvalue weighted by molar-refractivity contribution is 5.34. The van der Waals surface area contributed by atoms with Crippen molar-refractivity contribution in [3.63, 3.8) is 0 Å². The summed E-state index contributed by atoms with van der Waals surface area (Å²) in [7, 11) is 0. The average molecular weight is 209 g/mol. The molecule has 0 fully saturated rings. The second-order valence-electron chi connectivity index (χ2n) is 3.64. The van der Waals surface area contributed by atoms with Gasteiger partial charge in [-0.3, -0.25) is 0 Å². The summed E-state index contributed by atoms with van der Waals surface area (Å²) in [6.45, 7) is 3.83. The Morgan fingerprint density at radius 1 is 1.27 bits per heavy atom. The van der Waals surface area contributed by atoms with Gasteiger partial charge in [-0.1, -0.05) is 19.4 Å². The van der Waals surface area contributed by atoms with Gasteiger partial charge in [-0.15, -0.1) is 0 Å². The zero-order valence-corrected chi connectivity index (χ0v) is 9.16. The van der Waals surface area contributed by atoms with Crippen LogP contribution in [0.15, 0.2) is 18.2 Å². The Hall–Kier alpha value is -1.06. The van der Waals surface area contributed by atoms with Crippen molar-refractivity contribution >= 4 is 0 Å². The van der Waals surface area contributed by atoms with Gasteiger partial charge in [0.05, 0.1) is 6.61 Å². The molecule has 3 nitrogen and oxygen atoms in total. The number of hydrogen-bond donors (Lipinski definition) is 3. The molecule has 0 saturated carbocycles. The Kier molecular flexibility index (Phi) is 5.15. The lowest BCUT2D eigenvalue weighted by Gasteiger charge is -2.09. The third-order valence-electron chi connectivity index (χ3n) is 2.38. The van der Waals surface area contributed by atoms with Crippen molar-refractivity contribution < 1.29 is 10.2 Å². The molecular weight excluding hydrogens is 190 g/mol. The van der Waals surface area contributed by atoms with Crippen LogP contribution in [0.5, 0.6) is 5.75 Å². The molecule has 1 aromatic carbocycles. The maximum Gasteiger partial charge on any atom is 0.115 e. The van der Waals surface area contributed by atoms with Crippen LogP contribution in [-0.2, 0) is 13.2 Å². The Labute approximate surface area is 90.8 Å². The summed E-state index contributed by atoms with van der Waals surface area (Å²) in [4.78, 5) is 0. The number of phenolic OH excluding ortho intramolecular Hbond substituents is 1. The van der Waals surface area contributed by atoms with Crippen LogP contribution in [0.3, 0.4) is 0 Å². The number of aromatic hydroxyl groups is 1. The molecule has 3 N–H and O–H groups in total. The van der Waals surface area contributed by atoms with Gasteiger partial charge in [0.25, 0.3) is 0 Å². The number of rotatable bonds is 6. The highest BCUT2D eigenvalue weighted by atomic mass is 16.3. The maximum absolute atomic E-state index is 9.33. The van der Waals surface area contributed by atoms with Crippen molar-refractivity contribution in [2.45, 2.75) is 32.9 Å². The summed E-state index contributed by atoms with van der Waals surface area (Å²) in [5, 5.41) is 21.7. The Morgan fingerprint density at radius 3 is 2.73 bits per heavy atom. The largest absolute Gasteiger partial charge is 0.508 e. The molecule has 0 spiro atoms. The van der Waals surface area contributed by atoms with Crippen LogP contribution < -0.4 is 5.32 Å². The van der Waals surface area contributed by atoms with Crippen LogP contribution >= 0.6 is 0 Å². The van der Waals surface area contributed by atoms with E-state index in [0.717, 1.165) is 24.1 Å². The first-order valence-electron chi connectivity index (χ1n) is 5.40. The fraction of sp³-hybridized carbons (Fsp3) is 0.500. The van der Waals surface area contributed by atoms with Crippen LogP contribution in [-0.4, -0.2) is 16.8 Å². The highest BCUT2D eigenvalue weighted by Crippen LogP contribution is 2.16. The summed E-state index contributed by atoms with van der Waals surface area (Å²) >= 11 is 0. The van der Waals surface area contributed by atoms with Crippen LogP contribution in [0.4, 0.5) is 0 Å². The lowest BCUT2D eigenvalue weighted by atomic mass is 10.1. The van der Waals surface area contributed by atoms with Crippen molar-refractivity contribution in [2.24, 2.45) is 0 Å². The van der Waals surface area contributed by atoms with Crippen LogP contribution in [0, 0.1) is 0 Å². The van der Waals surface area contributed by atoms with Gasteiger partial charge in [-0.2, -0.15) is 0 Å². The van der Waals surface area contributed by atoms with Gasteiger partial charge in [0, 0.05) is 6.54 Å². The number of benzene rings is 1. The molecule has 15 heavy (non-hydrogen) atoms. The molecule has 0 aliphatic heterocycles. The van der Waals surface area contributed by atoms with Crippen molar-refractivity contribution in [1.82, 2.24) is 5.32 Å². The van der Waals surface area contributed by atoms with Crippen LogP contribution in [0.1, 0.15) is 30.9 Å². The van der Waals surface area contributed by atoms with E-state index in [9.17, 15) is 5.11 Å². The number of nitrogens with one attached hydrogen (secondary N) is 1. The predicted molar refractivity (Wildman–Crippen MR) is 60.6 cm³/mol. The monoisotopic (exact) mass is 209 g/mol. The predicted octanol–water partition coefficient (Wildman–Crippen LogP) is 1.77. The quantitative estimate of drug-likeness (QED) is 0.626. The van der Waals surface area contributed by atoms with Gasteiger partial charge < -0.3 is 15.5 Å². The number of unbranched alkanes of at least 4 members (excludes halogenated alkanes) is 1. The van der Waals surface area contributed by atoms with E-state index >= 15 is 0 Å². The van der Waals surface area contributed by atoms with E-state index in [4.69, 9.17) is 5.11 Å². The molecule has 0 aromatic heterocycles. The SMILES string of the molecule is CCCCNCc1cc(O)ccc1CO. The molecule has 0 amide bonds. The normalized spacial score (nSPS) is 10.5. The topological polar surface area (TPSA) is 52.5 Å². The Balaban J connectivity index is 2.54. The van der Waals surface area contributed by atoms with E-state index in [1.165, 1.54) is 6.42 Å². The van der Waals surface area contributed by atoms with Crippen molar-refractivity contribution in [3.8, 4) is 5.75 Å². The molecule has 84 valence electrons. The fourth-order valence-corrected chi connectivity index (χ4v) is 1.46. The summed E-state index contributed by atoms with van der Waals surface area (Å²) in [5.41, 5.74) is 1.84. The van der Waals surface area contributed by atoms with E-state index in [2.05, 4.69) is 12.2 Å². The Bertz CT molecular complexity index is 300. The lowest BCUT2D eigenvalue weighted by Crippen LogP contribution is -2.15. The van der Waals surface area contributed by atoms with Gasteiger partial charge >= 0.3 is 0 Å². The molecule has 0 radical (unpaired) electrons. The third kappa shape index (κ3) is 3.90. The molecule has 1 rings (SSSR count). The van der Waals surface area contributed by atoms with Gasteiger partial charge in [0.1, 0.15) is 5.75 Å². The van der Waals surface area contributed by atoms with Crippen LogP contribution in [0.25, 0.3) is 0 Å². The number of aliphatic hydroxyl groups excluding tert-OH is 1. The summed E-state index contributed by atoms with van der Waals surface area (Å²) in [6, 6.07) is 5.05. The van der Waals surface area contributed by atoms with E-state index in [1.807, 2.05) is 0 Å². The van der Waals surface area contributed by atoms with E-state index < -0.39 is 0 Å². The highest BCUT2D eigenvalue weighted by Gasteiger charge is 2.02. The van der Waals surface area contributed by atoms with Gasteiger partial charge in [0.15, 0.2) is 0 Å². The lowest BCUT2D eigenvalue weighted by molar-refractivity contribution is 0.280. The second-order valence-corrected chi connectivity index (χ2v) is 3.64. The van der Waals surface area contributed by atoms with Crippen molar-refractivity contribution in [2.75, 3.05) is 6.54 Å². The zero-order chi connectivity index (χ0) is 11.1. The number of aliphatic hydroxyl groups is 1. The van der Waals surface area contributed by atoms with Crippen molar-refractivity contribution in [1.29, 1.82) is 0 Å². The molecule has 0 heterocycles. The van der Waals surface area contributed by atoms with E-state index in [1.54, 1.807) is 18.2 Å². The molecular formula is C12H19NO2. The minimum absolute atomic E-state index is 0.0189. The first-order valence-corrected chi connectivity index (χ1v) is 5.40. The molecule has 3 heteroatoms. The zero-order valence-electron chi connectivity index (χ0n) is 9.16. The molecule has 0 atom stereocenters. The molecule has 0 aliphatic rings.